The standard InChI is InChI=1S/C15H6Cl2F3NO2/c16-7-1-3-9-10(5-7)14(23)21(13(9)22)8-2-4-11(12(17)6-8)15(18,19)20/h1-6H. The first kappa shape index (κ1) is 15.8. The van der Waals surface area contributed by atoms with Gasteiger partial charge in [-0.1, -0.05) is 23.2 Å². The van der Waals surface area contributed by atoms with Crippen molar-refractivity contribution in [2.45, 2.75) is 6.18 Å². The van der Waals surface area contributed by atoms with Crippen LogP contribution >= 0.6 is 23.2 Å². The Morgan fingerprint density at radius 1 is 0.870 bits per heavy atom. The van der Waals surface area contributed by atoms with Gasteiger partial charge in [-0.3, -0.25) is 9.59 Å². The number of fused-ring (bicyclic) bond motifs is 1. The molecule has 3 rings (SSSR count). The fourth-order valence-electron chi connectivity index (χ4n) is 2.32. The van der Waals surface area contributed by atoms with Crippen molar-refractivity contribution in [1.29, 1.82) is 0 Å². The highest BCUT2D eigenvalue weighted by atomic mass is 35.5. The summed E-state index contributed by atoms with van der Waals surface area (Å²) in [5.74, 6) is -1.30. The fraction of sp³-hybridized carbons (Fsp3) is 0.0667. The summed E-state index contributed by atoms with van der Waals surface area (Å²) in [5.41, 5.74) is -0.846. The molecule has 2 aromatic rings. The Hall–Kier alpha value is -2.05. The van der Waals surface area contributed by atoms with Crippen LogP contribution in [0, 0.1) is 0 Å². The van der Waals surface area contributed by atoms with Gasteiger partial charge >= 0.3 is 6.18 Å². The summed E-state index contributed by atoms with van der Waals surface area (Å²) in [6.07, 6.45) is -4.62. The van der Waals surface area contributed by atoms with E-state index in [9.17, 15) is 22.8 Å². The van der Waals surface area contributed by atoms with Crippen LogP contribution in [0.5, 0.6) is 0 Å². The van der Waals surface area contributed by atoms with E-state index in [0.29, 0.717) is 0 Å². The predicted octanol–water partition coefficient (Wildman–Crippen LogP) is 4.81. The molecule has 0 saturated heterocycles. The highest BCUT2D eigenvalue weighted by molar-refractivity contribution is 6.37. The summed E-state index contributed by atoms with van der Waals surface area (Å²) in [5, 5.41) is -0.318. The third-order valence-corrected chi connectivity index (χ3v) is 3.91. The molecule has 0 aliphatic carbocycles. The smallest absolute Gasteiger partial charge is 0.268 e. The first-order chi connectivity index (χ1) is 10.7. The molecule has 118 valence electrons. The number of amides is 2. The monoisotopic (exact) mass is 359 g/mol. The van der Waals surface area contributed by atoms with Gasteiger partial charge in [0.05, 0.1) is 27.4 Å². The second-order valence-electron chi connectivity index (χ2n) is 4.80. The summed E-state index contributed by atoms with van der Waals surface area (Å²) < 4.78 is 38.2. The molecule has 1 aliphatic heterocycles. The normalized spacial score (nSPS) is 14.4. The van der Waals surface area contributed by atoms with Crippen LogP contribution < -0.4 is 4.90 Å². The Labute approximate surface area is 138 Å². The lowest BCUT2D eigenvalue weighted by atomic mass is 10.1. The second kappa shape index (κ2) is 5.25. The molecule has 1 aliphatic rings. The molecule has 0 N–H and O–H groups in total. The van der Waals surface area contributed by atoms with E-state index in [2.05, 4.69) is 0 Å². The maximum atomic E-state index is 12.7. The highest BCUT2D eigenvalue weighted by Crippen LogP contribution is 2.38. The third-order valence-electron chi connectivity index (χ3n) is 3.36. The number of halogens is 5. The van der Waals surface area contributed by atoms with Gasteiger partial charge in [0, 0.05) is 5.02 Å². The van der Waals surface area contributed by atoms with Gasteiger partial charge in [-0.2, -0.15) is 13.2 Å². The minimum atomic E-state index is -4.62. The number of nitrogens with zero attached hydrogens (tertiary/aromatic N) is 1. The van der Waals surface area contributed by atoms with Gasteiger partial charge in [-0.05, 0) is 36.4 Å². The van der Waals surface area contributed by atoms with Crippen molar-refractivity contribution in [3.05, 3.63) is 63.1 Å². The maximum absolute atomic E-state index is 12.7. The molecule has 0 fully saturated rings. The number of imide groups is 1. The van der Waals surface area contributed by atoms with Crippen LogP contribution in [0.2, 0.25) is 10.0 Å². The largest absolute Gasteiger partial charge is 0.417 e. The van der Waals surface area contributed by atoms with Gasteiger partial charge in [0.25, 0.3) is 11.8 Å². The average Bonchev–Trinajstić information content (AvgIpc) is 2.69. The SMILES string of the molecule is O=C1c2ccc(Cl)cc2C(=O)N1c1ccc(C(F)(F)F)c(Cl)c1. The van der Waals surface area contributed by atoms with E-state index in [1.165, 1.54) is 18.2 Å². The van der Waals surface area contributed by atoms with E-state index in [0.717, 1.165) is 23.1 Å². The first-order valence-electron chi connectivity index (χ1n) is 6.25. The zero-order valence-electron chi connectivity index (χ0n) is 11.1. The molecule has 0 saturated carbocycles. The van der Waals surface area contributed by atoms with E-state index in [1.807, 2.05) is 0 Å². The quantitative estimate of drug-likeness (QED) is 0.685. The minimum absolute atomic E-state index is 0.0367. The Kier molecular flexibility index (Phi) is 3.61. The maximum Gasteiger partial charge on any atom is 0.417 e. The van der Waals surface area contributed by atoms with Crippen molar-refractivity contribution < 1.29 is 22.8 Å². The van der Waals surface area contributed by atoms with Crippen LogP contribution in [0.15, 0.2) is 36.4 Å². The van der Waals surface area contributed by atoms with Crippen LogP contribution in [0.4, 0.5) is 18.9 Å². The number of hydrogen-bond donors (Lipinski definition) is 0. The molecule has 0 atom stereocenters. The lowest BCUT2D eigenvalue weighted by Crippen LogP contribution is -2.29. The molecule has 3 nitrogen and oxygen atoms in total. The molecule has 0 radical (unpaired) electrons. The lowest BCUT2D eigenvalue weighted by molar-refractivity contribution is -0.137. The highest BCUT2D eigenvalue weighted by Gasteiger charge is 2.38. The second-order valence-corrected chi connectivity index (χ2v) is 5.64. The van der Waals surface area contributed by atoms with Crippen LogP contribution in [0.25, 0.3) is 0 Å². The summed E-state index contributed by atoms with van der Waals surface area (Å²) in [6.45, 7) is 0. The van der Waals surface area contributed by atoms with E-state index < -0.39 is 28.6 Å². The predicted molar refractivity (Wildman–Crippen MR) is 79.0 cm³/mol. The van der Waals surface area contributed by atoms with Crippen LogP contribution in [-0.2, 0) is 6.18 Å². The number of hydrogen-bond acceptors (Lipinski definition) is 2. The van der Waals surface area contributed by atoms with E-state index in [4.69, 9.17) is 23.2 Å². The minimum Gasteiger partial charge on any atom is -0.268 e. The number of rotatable bonds is 1. The number of benzene rings is 2. The Morgan fingerprint density at radius 3 is 2.13 bits per heavy atom. The Morgan fingerprint density at radius 2 is 1.52 bits per heavy atom. The zero-order chi connectivity index (χ0) is 16.9. The summed E-state index contributed by atoms with van der Waals surface area (Å²) in [7, 11) is 0. The van der Waals surface area contributed by atoms with Crippen molar-refractivity contribution in [2.24, 2.45) is 0 Å². The van der Waals surface area contributed by atoms with Crippen molar-refractivity contribution in [2.75, 3.05) is 4.90 Å². The molecule has 23 heavy (non-hydrogen) atoms. The Bertz CT molecular complexity index is 849. The van der Waals surface area contributed by atoms with Gasteiger partial charge in [-0.25, -0.2) is 4.90 Å². The fourth-order valence-corrected chi connectivity index (χ4v) is 2.77. The number of carbonyl (C=O) groups is 2. The average molecular weight is 360 g/mol. The molecular weight excluding hydrogens is 354 g/mol. The van der Waals surface area contributed by atoms with E-state index in [-0.39, 0.29) is 21.8 Å². The molecule has 0 aromatic heterocycles. The number of alkyl halides is 3. The van der Waals surface area contributed by atoms with Crippen LogP contribution in [0.1, 0.15) is 26.3 Å². The molecule has 0 unspecified atom stereocenters. The summed E-state index contributed by atoms with van der Waals surface area (Å²) in [6, 6.07) is 6.88. The van der Waals surface area contributed by atoms with Crippen molar-refractivity contribution >= 4 is 40.7 Å². The van der Waals surface area contributed by atoms with Gasteiger partial charge in [0.2, 0.25) is 0 Å². The molecule has 2 amide bonds. The van der Waals surface area contributed by atoms with Crippen LogP contribution in [0.3, 0.4) is 0 Å². The topological polar surface area (TPSA) is 37.4 Å². The first-order valence-corrected chi connectivity index (χ1v) is 7.01. The Balaban J connectivity index is 2.06. The summed E-state index contributed by atoms with van der Waals surface area (Å²) in [4.78, 5) is 25.4. The van der Waals surface area contributed by atoms with Crippen molar-refractivity contribution in [1.82, 2.24) is 0 Å². The van der Waals surface area contributed by atoms with Crippen molar-refractivity contribution in [3.8, 4) is 0 Å². The zero-order valence-corrected chi connectivity index (χ0v) is 12.6. The number of carbonyl (C=O) groups excluding carboxylic acids is 2. The lowest BCUT2D eigenvalue weighted by Gasteiger charge is -2.16. The van der Waals surface area contributed by atoms with E-state index >= 15 is 0 Å². The molecule has 0 bridgehead atoms. The van der Waals surface area contributed by atoms with E-state index in [1.54, 1.807) is 0 Å². The van der Waals surface area contributed by atoms with Crippen molar-refractivity contribution in [3.63, 3.8) is 0 Å². The third kappa shape index (κ3) is 2.58. The molecular formula is C15H6Cl2F3NO2. The summed E-state index contributed by atoms with van der Waals surface area (Å²) >= 11 is 11.4. The molecule has 1 heterocycles. The van der Waals surface area contributed by atoms with Gasteiger partial charge in [0.1, 0.15) is 0 Å². The molecule has 8 heteroatoms. The number of anilines is 1. The van der Waals surface area contributed by atoms with Gasteiger partial charge < -0.3 is 0 Å². The van der Waals surface area contributed by atoms with Crippen LogP contribution in [-0.4, -0.2) is 11.8 Å². The van der Waals surface area contributed by atoms with Gasteiger partial charge in [0.15, 0.2) is 0 Å². The van der Waals surface area contributed by atoms with Gasteiger partial charge in [-0.15, -0.1) is 0 Å². The molecule has 2 aromatic carbocycles. The molecule has 0 spiro atoms.